The van der Waals surface area contributed by atoms with Crippen molar-refractivity contribution < 1.29 is 23.2 Å². The van der Waals surface area contributed by atoms with Crippen LogP contribution in [0.15, 0.2) is 47.0 Å². The van der Waals surface area contributed by atoms with Crippen LogP contribution in [-0.4, -0.2) is 39.4 Å². The monoisotopic (exact) mass is 505 g/mol. The molecule has 0 bridgehead atoms. The number of ether oxygens (including phenoxy) is 1. The SMILES string of the molecule is CCOP(=O)(O)[C@@H]1CC[C@H](Nc2ccc(-c3nc(-c4ccc(OC(C)C)c(Cl)c4)no3)cc2)C1. The molecule has 0 radical (unpaired) electrons. The van der Waals surface area contributed by atoms with Gasteiger partial charge >= 0.3 is 7.60 Å². The molecule has 2 N–H and O–H groups in total. The molecule has 10 heteroatoms. The van der Waals surface area contributed by atoms with E-state index in [0.29, 0.717) is 35.3 Å². The largest absolute Gasteiger partial charge is 0.489 e. The summed E-state index contributed by atoms with van der Waals surface area (Å²) in [5.74, 6) is 1.45. The van der Waals surface area contributed by atoms with Crippen LogP contribution in [0.2, 0.25) is 5.02 Å². The molecule has 1 fully saturated rings. The molecule has 1 aromatic heterocycles. The highest BCUT2D eigenvalue weighted by Gasteiger charge is 2.38. The number of hydrogen-bond donors (Lipinski definition) is 2. The molecule has 0 spiro atoms. The van der Waals surface area contributed by atoms with Crippen molar-refractivity contribution >= 4 is 24.9 Å². The molecule has 182 valence electrons. The first kappa shape index (κ1) is 24.7. The maximum atomic E-state index is 12.3. The van der Waals surface area contributed by atoms with Crippen molar-refractivity contribution in [2.24, 2.45) is 0 Å². The van der Waals surface area contributed by atoms with Gasteiger partial charge in [0.1, 0.15) is 5.75 Å². The van der Waals surface area contributed by atoms with Crippen LogP contribution in [-0.2, 0) is 9.09 Å². The van der Waals surface area contributed by atoms with Crippen molar-refractivity contribution in [1.82, 2.24) is 10.1 Å². The average Bonchev–Trinajstić information content (AvgIpc) is 3.46. The van der Waals surface area contributed by atoms with Crippen molar-refractivity contribution in [3.63, 3.8) is 0 Å². The van der Waals surface area contributed by atoms with Crippen LogP contribution in [0.3, 0.4) is 0 Å². The second kappa shape index (κ2) is 10.5. The number of nitrogens with zero attached hydrogens (tertiary/aromatic N) is 2. The van der Waals surface area contributed by atoms with Gasteiger partial charge in [-0.1, -0.05) is 16.8 Å². The fraction of sp³-hybridized carbons (Fsp3) is 0.417. The Bertz CT molecular complexity index is 1170. The molecular formula is C24H29ClN3O5P. The predicted octanol–water partition coefficient (Wildman–Crippen LogP) is 6.40. The topological polar surface area (TPSA) is 107 Å². The van der Waals surface area contributed by atoms with Gasteiger partial charge < -0.3 is 24.0 Å². The van der Waals surface area contributed by atoms with E-state index in [0.717, 1.165) is 23.2 Å². The van der Waals surface area contributed by atoms with Crippen LogP contribution >= 0.6 is 19.2 Å². The minimum atomic E-state index is -3.55. The molecule has 34 heavy (non-hydrogen) atoms. The van der Waals surface area contributed by atoms with Crippen molar-refractivity contribution in [3.05, 3.63) is 47.5 Å². The van der Waals surface area contributed by atoms with Crippen molar-refractivity contribution in [3.8, 4) is 28.6 Å². The minimum absolute atomic E-state index is 0.0270. The van der Waals surface area contributed by atoms with Crippen molar-refractivity contribution in [1.29, 1.82) is 0 Å². The highest BCUT2D eigenvalue weighted by molar-refractivity contribution is 7.53. The Morgan fingerprint density at radius 3 is 2.62 bits per heavy atom. The zero-order chi connectivity index (χ0) is 24.3. The van der Waals surface area contributed by atoms with Crippen LogP contribution < -0.4 is 10.1 Å². The molecule has 1 aliphatic carbocycles. The number of anilines is 1. The Labute approximate surface area is 204 Å². The third kappa shape index (κ3) is 5.81. The number of aromatic nitrogens is 2. The van der Waals surface area contributed by atoms with E-state index >= 15 is 0 Å². The summed E-state index contributed by atoms with van der Waals surface area (Å²) in [6, 6.07) is 13.2. The van der Waals surface area contributed by atoms with E-state index in [-0.39, 0.29) is 24.4 Å². The van der Waals surface area contributed by atoms with Gasteiger partial charge in [-0.25, -0.2) is 0 Å². The highest BCUT2D eigenvalue weighted by atomic mass is 35.5. The zero-order valence-corrected chi connectivity index (χ0v) is 21.1. The van der Waals surface area contributed by atoms with Gasteiger partial charge in [0.2, 0.25) is 5.82 Å². The zero-order valence-electron chi connectivity index (χ0n) is 19.4. The third-order valence-corrected chi connectivity index (χ3v) is 7.98. The average molecular weight is 506 g/mol. The van der Waals surface area contributed by atoms with E-state index in [1.807, 2.05) is 44.2 Å². The third-order valence-electron chi connectivity index (χ3n) is 5.66. The number of rotatable bonds is 9. The standard InChI is InChI=1S/C24H29ClN3O5P/c1-4-31-34(29,30)20-11-10-19(14-20)26-18-8-5-16(6-9-18)24-27-23(28-33-24)17-7-12-22(21(25)13-17)32-15(2)3/h5-9,12-13,15,19-20,26H,4,10-11,14H2,1-3H3,(H,29,30)/t19-,20+/m0/s1. The first-order valence-electron chi connectivity index (χ1n) is 11.4. The molecule has 1 heterocycles. The Kier molecular flexibility index (Phi) is 7.63. The number of nitrogens with one attached hydrogen (secondary N) is 1. The second-order valence-electron chi connectivity index (χ2n) is 8.60. The molecule has 8 nitrogen and oxygen atoms in total. The van der Waals surface area contributed by atoms with Gasteiger partial charge in [0.25, 0.3) is 5.89 Å². The quantitative estimate of drug-likeness (QED) is 0.322. The van der Waals surface area contributed by atoms with Crippen LogP contribution in [0.25, 0.3) is 22.8 Å². The summed E-state index contributed by atoms with van der Waals surface area (Å²) >= 11 is 6.33. The molecule has 0 saturated heterocycles. The number of halogens is 1. The van der Waals surface area contributed by atoms with E-state index in [9.17, 15) is 9.46 Å². The Balaban J connectivity index is 1.40. The molecule has 0 aliphatic heterocycles. The summed E-state index contributed by atoms with van der Waals surface area (Å²) in [7, 11) is -3.55. The molecule has 3 aromatic rings. The lowest BCUT2D eigenvalue weighted by molar-refractivity contribution is 0.242. The summed E-state index contributed by atoms with van der Waals surface area (Å²) in [6.45, 7) is 5.86. The lowest BCUT2D eigenvalue weighted by Crippen LogP contribution is -2.17. The normalized spacial score (nSPS) is 19.8. The minimum Gasteiger partial charge on any atom is -0.489 e. The van der Waals surface area contributed by atoms with E-state index < -0.39 is 7.60 Å². The fourth-order valence-electron chi connectivity index (χ4n) is 4.07. The summed E-state index contributed by atoms with van der Waals surface area (Å²) in [4.78, 5) is 14.6. The van der Waals surface area contributed by atoms with Crippen LogP contribution in [0.5, 0.6) is 5.75 Å². The van der Waals surface area contributed by atoms with Gasteiger partial charge in [-0.05, 0) is 82.5 Å². The Morgan fingerprint density at radius 1 is 1.21 bits per heavy atom. The highest BCUT2D eigenvalue weighted by Crippen LogP contribution is 2.54. The number of hydrogen-bond acceptors (Lipinski definition) is 7. The van der Waals surface area contributed by atoms with E-state index in [1.54, 1.807) is 19.1 Å². The van der Waals surface area contributed by atoms with E-state index in [1.165, 1.54) is 0 Å². The maximum Gasteiger partial charge on any atom is 0.331 e. The smallest absolute Gasteiger partial charge is 0.331 e. The summed E-state index contributed by atoms with van der Waals surface area (Å²) in [5, 5.41) is 8.01. The first-order chi connectivity index (χ1) is 16.2. The van der Waals surface area contributed by atoms with Crippen LogP contribution in [0.1, 0.15) is 40.0 Å². The predicted molar refractivity (Wildman–Crippen MR) is 132 cm³/mol. The molecule has 4 rings (SSSR count). The molecule has 1 saturated carbocycles. The van der Waals surface area contributed by atoms with Gasteiger partial charge in [0.15, 0.2) is 0 Å². The summed E-state index contributed by atoms with van der Waals surface area (Å²) in [5.41, 5.74) is 2.13. The van der Waals surface area contributed by atoms with E-state index in [4.69, 9.17) is 25.4 Å². The lowest BCUT2D eigenvalue weighted by Gasteiger charge is -2.18. The molecule has 3 atom stereocenters. The molecule has 0 amide bonds. The van der Waals surface area contributed by atoms with Crippen LogP contribution in [0, 0.1) is 0 Å². The Morgan fingerprint density at radius 2 is 1.94 bits per heavy atom. The van der Waals surface area contributed by atoms with Gasteiger partial charge in [-0.3, -0.25) is 4.57 Å². The molecule has 2 aromatic carbocycles. The van der Waals surface area contributed by atoms with Crippen molar-refractivity contribution in [2.45, 2.75) is 57.8 Å². The number of benzene rings is 2. The van der Waals surface area contributed by atoms with Gasteiger partial charge in [-0.2, -0.15) is 4.98 Å². The summed E-state index contributed by atoms with van der Waals surface area (Å²) < 4.78 is 28.5. The van der Waals surface area contributed by atoms with Crippen molar-refractivity contribution in [2.75, 3.05) is 11.9 Å². The molecule has 1 aliphatic rings. The first-order valence-corrected chi connectivity index (χ1v) is 13.4. The second-order valence-corrected chi connectivity index (χ2v) is 11.1. The van der Waals surface area contributed by atoms with E-state index in [2.05, 4.69) is 15.5 Å². The Hall–Kier alpha value is -2.38. The molecular weight excluding hydrogens is 477 g/mol. The van der Waals surface area contributed by atoms with Gasteiger partial charge in [0.05, 0.1) is 23.4 Å². The lowest BCUT2D eigenvalue weighted by atomic mass is 10.1. The van der Waals surface area contributed by atoms with Gasteiger partial charge in [-0.15, -0.1) is 0 Å². The molecule has 1 unspecified atom stereocenters. The maximum absolute atomic E-state index is 12.3. The van der Waals surface area contributed by atoms with Gasteiger partial charge in [0, 0.05) is 22.9 Å². The van der Waals surface area contributed by atoms with Crippen LogP contribution in [0.4, 0.5) is 5.69 Å². The summed E-state index contributed by atoms with van der Waals surface area (Å²) in [6.07, 6.45) is 2.12. The fourth-order valence-corrected chi connectivity index (χ4v) is 5.87.